The van der Waals surface area contributed by atoms with Gasteiger partial charge in [0, 0.05) is 36.3 Å². The molecule has 0 unspecified atom stereocenters. The molecule has 1 saturated carbocycles. The van der Waals surface area contributed by atoms with E-state index >= 15 is 0 Å². The fraction of sp³-hybridized carbons (Fsp3) is 0.571. The van der Waals surface area contributed by atoms with Crippen LogP contribution in [-0.4, -0.2) is 30.6 Å². The van der Waals surface area contributed by atoms with Crippen LogP contribution in [0.5, 0.6) is 0 Å². The molecular weight excluding hydrogens is 251 g/mol. The van der Waals surface area contributed by atoms with Crippen molar-refractivity contribution in [2.75, 3.05) is 19.6 Å². The first-order chi connectivity index (χ1) is 8.70. The molecular formula is C14H20ClFN2. The van der Waals surface area contributed by atoms with E-state index in [1.54, 1.807) is 12.1 Å². The minimum atomic E-state index is -0.193. The van der Waals surface area contributed by atoms with Crippen molar-refractivity contribution in [2.45, 2.75) is 32.4 Å². The summed E-state index contributed by atoms with van der Waals surface area (Å²) in [5.41, 5.74) is 0.636. The third-order valence-corrected chi connectivity index (χ3v) is 3.60. The number of nitrogens with zero attached hydrogens (tertiary/aromatic N) is 1. The van der Waals surface area contributed by atoms with Gasteiger partial charge in [-0.05, 0) is 37.6 Å². The van der Waals surface area contributed by atoms with Crippen molar-refractivity contribution in [2.24, 2.45) is 0 Å². The minimum Gasteiger partial charge on any atom is -0.311 e. The van der Waals surface area contributed by atoms with Crippen LogP contribution in [-0.2, 0) is 6.54 Å². The summed E-state index contributed by atoms with van der Waals surface area (Å²) >= 11 is 5.85. The average molecular weight is 271 g/mol. The molecule has 0 aliphatic heterocycles. The van der Waals surface area contributed by atoms with E-state index in [0.717, 1.165) is 25.7 Å². The van der Waals surface area contributed by atoms with E-state index in [4.69, 9.17) is 11.6 Å². The molecule has 0 atom stereocenters. The summed E-state index contributed by atoms with van der Waals surface area (Å²) in [5.74, 6) is -0.193. The zero-order valence-corrected chi connectivity index (χ0v) is 11.5. The lowest BCUT2D eigenvalue weighted by Gasteiger charge is -2.19. The predicted molar refractivity (Wildman–Crippen MR) is 73.4 cm³/mol. The first kappa shape index (κ1) is 13.8. The first-order valence-corrected chi connectivity index (χ1v) is 6.97. The lowest BCUT2D eigenvalue weighted by atomic mass is 10.2. The van der Waals surface area contributed by atoms with Gasteiger partial charge in [0.2, 0.25) is 0 Å². The van der Waals surface area contributed by atoms with Gasteiger partial charge in [-0.15, -0.1) is 0 Å². The molecule has 1 aromatic rings. The van der Waals surface area contributed by atoms with E-state index in [1.165, 1.54) is 18.9 Å². The van der Waals surface area contributed by atoms with Crippen LogP contribution >= 0.6 is 11.6 Å². The van der Waals surface area contributed by atoms with Crippen LogP contribution in [0.15, 0.2) is 18.2 Å². The normalized spacial score (nSPS) is 15.3. The number of hydrogen-bond acceptors (Lipinski definition) is 2. The minimum absolute atomic E-state index is 0.193. The maximum atomic E-state index is 13.5. The van der Waals surface area contributed by atoms with Gasteiger partial charge >= 0.3 is 0 Å². The molecule has 100 valence electrons. The molecule has 1 fully saturated rings. The zero-order chi connectivity index (χ0) is 13.0. The Labute approximate surface area is 113 Å². The van der Waals surface area contributed by atoms with Crippen molar-refractivity contribution in [1.29, 1.82) is 0 Å². The van der Waals surface area contributed by atoms with Crippen molar-refractivity contribution in [3.8, 4) is 0 Å². The van der Waals surface area contributed by atoms with Crippen molar-refractivity contribution in [3.05, 3.63) is 34.6 Å². The second kappa shape index (κ2) is 6.50. The summed E-state index contributed by atoms with van der Waals surface area (Å²) in [6, 6.07) is 5.47. The second-order valence-electron chi connectivity index (χ2n) is 4.77. The van der Waals surface area contributed by atoms with Gasteiger partial charge in [-0.25, -0.2) is 4.39 Å². The Bertz CT molecular complexity index is 393. The van der Waals surface area contributed by atoms with Gasteiger partial charge in [0.05, 0.1) is 0 Å². The van der Waals surface area contributed by atoms with E-state index in [0.29, 0.717) is 17.1 Å². The lowest BCUT2D eigenvalue weighted by molar-refractivity contribution is 0.276. The molecule has 0 bridgehead atoms. The molecule has 1 aliphatic rings. The van der Waals surface area contributed by atoms with E-state index in [1.807, 2.05) is 0 Å². The molecule has 0 saturated heterocycles. The molecule has 1 aromatic carbocycles. The van der Waals surface area contributed by atoms with Crippen LogP contribution in [0, 0.1) is 5.82 Å². The lowest BCUT2D eigenvalue weighted by Crippen LogP contribution is -2.33. The highest BCUT2D eigenvalue weighted by Crippen LogP contribution is 2.25. The summed E-state index contributed by atoms with van der Waals surface area (Å²) in [6.07, 6.45) is 2.66. The van der Waals surface area contributed by atoms with E-state index in [-0.39, 0.29) is 5.82 Å². The quantitative estimate of drug-likeness (QED) is 0.766. The van der Waals surface area contributed by atoms with Crippen molar-refractivity contribution in [3.63, 3.8) is 0 Å². The van der Waals surface area contributed by atoms with Crippen LogP contribution in [0.1, 0.15) is 25.3 Å². The Kier molecular flexibility index (Phi) is 4.98. The van der Waals surface area contributed by atoms with Gasteiger partial charge in [-0.2, -0.15) is 0 Å². The molecule has 2 nitrogen and oxygen atoms in total. The van der Waals surface area contributed by atoms with Gasteiger partial charge in [0.1, 0.15) is 5.82 Å². The third kappa shape index (κ3) is 3.94. The number of nitrogens with one attached hydrogen (secondary N) is 1. The monoisotopic (exact) mass is 270 g/mol. The number of halogens is 2. The topological polar surface area (TPSA) is 15.3 Å². The van der Waals surface area contributed by atoms with Crippen molar-refractivity contribution >= 4 is 11.6 Å². The highest BCUT2D eigenvalue weighted by molar-refractivity contribution is 6.30. The Balaban J connectivity index is 1.72. The zero-order valence-electron chi connectivity index (χ0n) is 10.8. The number of hydrogen-bond donors (Lipinski definition) is 1. The van der Waals surface area contributed by atoms with Crippen LogP contribution in [0.4, 0.5) is 4.39 Å². The molecule has 4 heteroatoms. The second-order valence-corrected chi connectivity index (χ2v) is 5.21. The van der Waals surface area contributed by atoms with Gasteiger partial charge in [0.25, 0.3) is 0 Å². The Hall–Kier alpha value is -0.640. The Morgan fingerprint density at radius 1 is 1.44 bits per heavy atom. The third-order valence-electron chi connectivity index (χ3n) is 3.37. The summed E-state index contributed by atoms with van der Waals surface area (Å²) in [5, 5.41) is 3.86. The number of benzene rings is 1. The molecule has 1 aliphatic carbocycles. The molecule has 0 radical (unpaired) electrons. The number of likely N-dealkylation sites (N-methyl/N-ethyl adjacent to an activating group) is 1. The maximum Gasteiger partial charge on any atom is 0.127 e. The van der Waals surface area contributed by atoms with Crippen LogP contribution in [0.25, 0.3) is 0 Å². The molecule has 2 rings (SSSR count). The first-order valence-electron chi connectivity index (χ1n) is 6.59. The van der Waals surface area contributed by atoms with E-state index in [9.17, 15) is 4.39 Å². The summed E-state index contributed by atoms with van der Waals surface area (Å²) in [7, 11) is 0. The molecule has 0 heterocycles. The largest absolute Gasteiger partial charge is 0.311 e. The van der Waals surface area contributed by atoms with Crippen LogP contribution in [0.3, 0.4) is 0 Å². The summed E-state index contributed by atoms with van der Waals surface area (Å²) < 4.78 is 13.5. The van der Waals surface area contributed by atoms with Gasteiger partial charge in [-0.3, -0.25) is 4.90 Å². The molecule has 1 N–H and O–H groups in total. The Morgan fingerprint density at radius 3 is 2.89 bits per heavy atom. The predicted octanol–water partition coefficient (Wildman–Crippen LogP) is 3.05. The molecule has 18 heavy (non-hydrogen) atoms. The SMILES string of the molecule is CCN(CCNCc1cc(Cl)ccc1F)C1CC1. The highest BCUT2D eigenvalue weighted by atomic mass is 35.5. The van der Waals surface area contributed by atoms with E-state index < -0.39 is 0 Å². The van der Waals surface area contributed by atoms with Crippen molar-refractivity contribution in [1.82, 2.24) is 10.2 Å². The summed E-state index contributed by atoms with van der Waals surface area (Å²) in [4.78, 5) is 2.47. The summed E-state index contributed by atoms with van der Waals surface area (Å²) in [6.45, 7) is 5.74. The fourth-order valence-electron chi connectivity index (χ4n) is 2.16. The standard InChI is InChI=1S/C14H20ClFN2/c1-2-18(13-4-5-13)8-7-17-10-11-9-12(15)3-6-14(11)16/h3,6,9,13,17H,2,4-5,7-8,10H2,1H3. The molecule has 0 aromatic heterocycles. The van der Waals surface area contributed by atoms with Crippen molar-refractivity contribution < 1.29 is 4.39 Å². The highest BCUT2D eigenvalue weighted by Gasteiger charge is 2.26. The van der Waals surface area contributed by atoms with Crippen LogP contribution < -0.4 is 5.32 Å². The van der Waals surface area contributed by atoms with Gasteiger partial charge < -0.3 is 5.32 Å². The fourth-order valence-corrected chi connectivity index (χ4v) is 2.36. The van der Waals surface area contributed by atoms with Gasteiger partial charge in [0.15, 0.2) is 0 Å². The maximum absolute atomic E-state index is 13.5. The number of rotatable bonds is 7. The Morgan fingerprint density at radius 2 is 2.22 bits per heavy atom. The van der Waals surface area contributed by atoms with Gasteiger partial charge in [-0.1, -0.05) is 18.5 Å². The molecule has 0 spiro atoms. The van der Waals surface area contributed by atoms with E-state index in [2.05, 4.69) is 17.1 Å². The molecule has 0 amide bonds. The smallest absolute Gasteiger partial charge is 0.127 e. The average Bonchev–Trinajstić information content (AvgIpc) is 3.18. The van der Waals surface area contributed by atoms with Crippen LogP contribution in [0.2, 0.25) is 5.02 Å².